The van der Waals surface area contributed by atoms with Crippen LogP contribution in [0.1, 0.15) is 13.8 Å². The van der Waals surface area contributed by atoms with E-state index in [0.29, 0.717) is 0 Å². The summed E-state index contributed by atoms with van der Waals surface area (Å²) in [5.74, 6) is 0. The van der Waals surface area contributed by atoms with Gasteiger partial charge in [-0.05, 0) is 13.8 Å². The van der Waals surface area contributed by atoms with Crippen LogP contribution in [0.5, 0.6) is 0 Å². The zero-order chi connectivity index (χ0) is 13.0. The summed E-state index contributed by atoms with van der Waals surface area (Å²) in [5, 5.41) is 54.7. The summed E-state index contributed by atoms with van der Waals surface area (Å²) in [6.07, 6.45) is -3.09. The maximum atomic E-state index is 9.45. The van der Waals surface area contributed by atoms with Crippen molar-refractivity contribution in [3.63, 3.8) is 0 Å². The fourth-order valence-electron chi connectivity index (χ4n) is 1.44. The van der Waals surface area contributed by atoms with E-state index in [1.807, 2.05) is 0 Å². The third-order valence-corrected chi connectivity index (χ3v) is 2.58. The molecule has 6 heteroatoms. The van der Waals surface area contributed by atoms with Crippen LogP contribution in [0.25, 0.3) is 0 Å². The predicted molar refractivity (Wildman–Crippen MR) is 50.7 cm³/mol. The lowest BCUT2D eigenvalue weighted by atomic mass is 9.61. The number of nitrogens with zero attached hydrogens (tertiary/aromatic N) is 4. The van der Waals surface area contributed by atoms with Gasteiger partial charge in [0, 0.05) is 0 Å². The zero-order valence-corrected chi connectivity index (χ0v) is 8.84. The average molecular weight is 218 g/mol. The number of hydrogen-bond donors (Lipinski definition) is 2. The Labute approximate surface area is 93.2 Å². The highest BCUT2D eigenvalue weighted by molar-refractivity contribution is 5.37. The minimum atomic E-state index is -2.29. The van der Waals surface area contributed by atoms with E-state index in [9.17, 15) is 10.2 Å². The molecule has 0 aliphatic carbocycles. The van der Waals surface area contributed by atoms with Crippen LogP contribution in [0.4, 0.5) is 0 Å². The molecule has 0 rings (SSSR count). The van der Waals surface area contributed by atoms with Crippen molar-refractivity contribution >= 4 is 0 Å². The second-order valence-corrected chi connectivity index (χ2v) is 3.42. The molecule has 0 aromatic rings. The lowest BCUT2D eigenvalue weighted by molar-refractivity contribution is 0.0000590. The molecular formula is C10H10N4O2. The smallest absolute Gasteiger partial charge is 0.203 e. The summed E-state index contributed by atoms with van der Waals surface area (Å²) < 4.78 is 0. The maximum absolute atomic E-state index is 9.45. The molecule has 0 amide bonds. The molecule has 2 atom stereocenters. The maximum Gasteiger partial charge on any atom is 0.203 e. The van der Waals surface area contributed by atoms with Gasteiger partial charge >= 0.3 is 0 Å². The van der Waals surface area contributed by atoms with Crippen LogP contribution < -0.4 is 0 Å². The zero-order valence-electron chi connectivity index (χ0n) is 8.84. The molecule has 0 aromatic carbocycles. The van der Waals surface area contributed by atoms with Crippen molar-refractivity contribution in [2.24, 2.45) is 10.8 Å². The fourth-order valence-corrected chi connectivity index (χ4v) is 1.44. The van der Waals surface area contributed by atoms with Gasteiger partial charge in [0.15, 0.2) is 0 Å². The molecule has 0 aliphatic rings. The standard InChI is InChI=1S/C10H10N4O2/c1-7(15)9(3-11,4-12)10(5-13,6-14)8(2)16/h7-8,15-16H,1-2H3. The molecule has 0 fully saturated rings. The van der Waals surface area contributed by atoms with Crippen molar-refractivity contribution in [1.29, 1.82) is 21.0 Å². The number of hydrogen-bond acceptors (Lipinski definition) is 6. The third-order valence-electron chi connectivity index (χ3n) is 2.58. The van der Waals surface area contributed by atoms with E-state index in [1.54, 1.807) is 0 Å². The van der Waals surface area contributed by atoms with Gasteiger partial charge in [-0.3, -0.25) is 0 Å². The van der Waals surface area contributed by atoms with Gasteiger partial charge in [-0.2, -0.15) is 21.0 Å². The highest BCUT2D eigenvalue weighted by atomic mass is 16.3. The lowest BCUT2D eigenvalue weighted by Crippen LogP contribution is -2.51. The fraction of sp³-hybridized carbons (Fsp3) is 0.600. The van der Waals surface area contributed by atoms with Crippen LogP contribution in [-0.2, 0) is 0 Å². The first-order chi connectivity index (χ1) is 7.38. The van der Waals surface area contributed by atoms with Gasteiger partial charge in [-0.1, -0.05) is 0 Å². The van der Waals surface area contributed by atoms with Crippen LogP contribution in [0.15, 0.2) is 0 Å². The Morgan fingerprint density at radius 2 is 0.938 bits per heavy atom. The molecule has 16 heavy (non-hydrogen) atoms. The molecule has 0 heterocycles. The molecule has 0 saturated heterocycles. The van der Waals surface area contributed by atoms with Gasteiger partial charge in [0.1, 0.15) is 0 Å². The van der Waals surface area contributed by atoms with Crippen LogP contribution in [-0.4, -0.2) is 22.4 Å². The summed E-state index contributed by atoms with van der Waals surface area (Å²) in [7, 11) is 0. The van der Waals surface area contributed by atoms with Crippen LogP contribution in [0, 0.1) is 56.2 Å². The van der Waals surface area contributed by atoms with Crippen molar-refractivity contribution in [3.8, 4) is 24.3 Å². The first kappa shape index (κ1) is 13.9. The van der Waals surface area contributed by atoms with Gasteiger partial charge in [-0.25, -0.2) is 0 Å². The first-order valence-electron chi connectivity index (χ1n) is 4.39. The van der Waals surface area contributed by atoms with E-state index in [1.165, 1.54) is 24.3 Å². The van der Waals surface area contributed by atoms with Crippen LogP contribution >= 0.6 is 0 Å². The van der Waals surface area contributed by atoms with Crippen molar-refractivity contribution in [2.75, 3.05) is 0 Å². The molecule has 0 bridgehead atoms. The van der Waals surface area contributed by atoms with Crippen molar-refractivity contribution < 1.29 is 10.2 Å². The SMILES string of the molecule is CC(O)C(C#N)(C#N)C(C#N)(C#N)C(C)O. The largest absolute Gasteiger partial charge is 0.391 e. The Morgan fingerprint density at radius 3 is 1.00 bits per heavy atom. The Bertz CT molecular complexity index is 358. The van der Waals surface area contributed by atoms with E-state index < -0.39 is 23.0 Å². The van der Waals surface area contributed by atoms with E-state index in [-0.39, 0.29) is 0 Å². The Kier molecular flexibility index (Phi) is 3.99. The number of aliphatic hydroxyl groups is 2. The van der Waals surface area contributed by atoms with E-state index in [2.05, 4.69) is 0 Å². The topological polar surface area (TPSA) is 136 Å². The molecular weight excluding hydrogens is 208 g/mol. The summed E-state index contributed by atoms with van der Waals surface area (Å²) in [6, 6.07) is 5.89. The summed E-state index contributed by atoms with van der Waals surface area (Å²) in [4.78, 5) is 0. The lowest BCUT2D eigenvalue weighted by Gasteiger charge is -2.34. The predicted octanol–water partition coefficient (Wildman–Crippen LogP) is -0.185. The molecule has 2 unspecified atom stereocenters. The van der Waals surface area contributed by atoms with Crippen molar-refractivity contribution in [1.82, 2.24) is 0 Å². The highest BCUT2D eigenvalue weighted by Crippen LogP contribution is 2.43. The molecule has 0 radical (unpaired) electrons. The van der Waals surface area contributed by atoms with Crippen LogP contribution in [0.3, 0.4) is 0 Å². The molecule has 0 saturated carbocycles. The third kappa shape index (κ3) is 1.47. The molecule has 0 aliphatic heterocycles. The minimum absolute atomic E-state index is 1.12. The molecule has 0 aromatic heterocycles. The van der Waals surface area contributed by atoms with Gasteiger partial charge < -0.3 is 10.2 Å². The normalized spacial score (nSPS) is 14.8. The van der Waals surface area contributed by atoms with Crippen molar-refractivity contribution in [3.05, 3.63) is 0 Å². The summed E-state index contributed by atoms with van der Waals surface area (Å²) in [5.41, 5.74) is -4.57. The number of rotatable bonds is 3. The second-order valence-electron chi connectivity index (χ2n) is 3.42. The molecule has 2 N–H and O–H groups in total. The van der Waals surface area contributed by atoms with Gasteiger partial charge in [0.05, 0.1) is 36.5 Å². The molecule has 0 spiro atoms. The monoisotopic (exact) mass is 218 g/mol. The summed E-state index contributed by atoms with van der Waals surface area (Å²) >= 11 is 0. The number of aliphatic hydroxyl groups excluding tert-OH is 2. The Morgan fingerprint density at radius 1 is 0.750 bits per heavy atom. The van der Waals surface area contributed by atoms with E-state index in [0.717, 1.165) is 13.8 Å². The molecule has 82 valence electrons. The summed E-state index contributed by atoms with van der Waals surface area (Å²) in [6.45, 7) is 2.25. The van der Waals surface area contributed by atoms with Gasteiger partial charge in [0.2, 0.25) is 10.8 Å². The minimum Gasteiger partial charge on any atom is -0.391 e. The van der Waals surface area contributed by atoms with Crippen LogP contribution in [0.2, 0.25) is 0 Å². The van der Waals surface area contributed by atoms with Gasteiger partial charge in [0.25, 0.3) is 0 Å². The molecule has 6 nitrogen and oxygen atoms in total. The average Bonchev–Trinajstić information content (AvgIpc) is 2.25. The Hall–Kier alpha value is -2.12. The quantitative estimate of drug-likeness (QED) is 0.674. The van der Waals surface area contributed by atoms with E-state index >= 15 is 0 Å². The number of nitriles is 4. The Balaban J connectivity index is 6.13. The first-order valence-corrected chi connectivity index (χ1v) is 4.39. The van der Waals surface area contributed by atoms with E-state index in [4.69, 9.17) is 21.0 Å². The van der Waals surface area contributed by atoms with Gasteiger partial charge in [-0.15, -0.1) is 0 Å². The second kappa shape index (κ2) is 4.60. The highest BCUT2D eigenvalue weighted by Gasteiger charge is 2.60. The van der Waals surface area contributed by atoms with Crippen molar-refractivity contribution in [2.45, 2.75) is 26.1 Å².